The normalized spacial score (nSPS) is 42.5. The third-order valence-electron chi connectivity index (χ3n) is 9.81. The average Bonchev–Trinajstić information content (AvgIpc) is 3.52. The van der Waals surface area contributed by atoms with E-state index >= 15 is 0 Å². The van der Waals surface area contributed by atoms with Gasteiger partial charge in [0.2, 0.25) is 0 Å². The molecule has 12 heteroatoms. The molecule has 4 aliphatic rings. The minimum Gasteiger partial charge on any atom is -0.459 e. The van der Waals surface area contributed by atoms with E-state index in [4.69, 9.17) is 23.7 Å². The van der Waals surface area contributed by atoms with Crippen LogP contribution in [0.4, 0.5) is 0 Å². The van der Waals surface area contributed by atoms with E-state index in [9.17, 15) is 34.5 Å². The number of carbonyl (C=O) groups is 4. The predicted octanol–water partition coefficient (Wildman–Crippen LogP) is 2.20. The lowest BCUT2D eigenvalue weighted by atomic mass is 9.55. The zero-order chi connectivity index (χ0) is 32.8. The lowest BCUT2D eigenvalue weighted by Gasteiger charge is -2.55. The van der Waals surface area contributed by atoms with Crippen molar-refractivity contribution in [1.29, 1.82) is 0 Å². The van der Waals surface area contributed by atoms with Crippen LogP contribution in [0.15, 0.2) is 23.8 Å². The van der Waals surface area contributed by atoms with E-state index in [0.29, 0.717) is 6.42 Å². The average molecular weight is 623 g/mol. The number of epoxide rings is 1. The molecule has 3 N–H and O–H groups in total. The Labute approximate surface area is 257 Å². The van der Waals surface area contributed by atoms with Gasteiger partial charge >= 0.3 is 23.9 Å². The minimum atomic E-state index is -2.08. The molecule has 0 aromatic heterocycles. The van der Waals surface area contributed by atoms with Crippen LogP contribution in [0, 0.1) is 11.3 Å². The Kier molecular flexibility index (Phi) is 9.44. The molecule has 0 bridgehead atoms. The maximum absolute atomic E-state index is 13.2. The number of carbonyl (C=O) groups excluding carboxylic acids is 4. The third-order valence-corrected chi connectivity index (χ3v) is 9.81. The van der Waals surface area contributed by atoms with Crippen LogP contribution in [-0.2, 0) is 42.9 Å². The van der Waals surface area contributed by atoms with Crippen molar-refractivity contribution in [2.75, 3.05) is 0 Å². The molecule has 2 aliphatic heterocycles. The standard InChI is InChI=1S/C32H46O12/c1-8-9-10-11-12-13-22(36)43-24-17(2)16-21-32(31(7,44-32)28(38)42-21)27(41-19(4)34)25-29(5,15-14-20(35)30(25,6)39)26(23(24)37)40-18(3)33/h14-16,20-21,23-27,35,37,39H,8-13H2,1-7H3. The van der Waals surface area contributed by atoms with Gasteiger partial charge in [0, 0.05) is 31.6 Å². The molecule has 246 valence electrons. The largest absolute Gasteiger partial charge is 0.459 e. The first kappa shape index (κ1) is 34.1. The maximum Gasteiger partial charge on any atom is 0.342 e. The van der Waals surface area contributed by atoms with Crippen molar-refractivity contribution < 1.29 is 58.2 Å². The van der Waals surface area contributed by atoms with Gasteiger partial charge in [-0.2, -0.15) is 0 Å². The lowest BCUT2D eigenvalue weighted by molar-refractivity contribution is -0.226. The second-order valence-corrected chi connectivity index (χ2v) is 13.2. The first-order chi connectivity index (χ1) is 20.5. The summed E-state index contributed by atoms with van der Waals surface area (Å²) in [7, 11) is 0. The van der Waals surface area contributed by atoms with Crippen molar-refractivity contribution in [2.45, 2.75) is 140 Å². The quantitative estimate of drug-likeness (QED) is 0.112. The molecule has 0 aromatic rings. The monoisotopic (exact) mass is 622 g/mol. The number of aliphatic hydroxyl groups excluding tert-OH is 2. The molecule has 0 radical (unpaired) electrons. The summed E-state index contributed by atoms with van der Waals surface area (Å²) in [6.07, 6.45) is 0.122. The van der Waals surface area contributed by atoms with Crippen molar-refractivity contribution in [3.63, 3.8) is 0 Å². The minimum absolute atomic E-state index is 0.0944. The van der Waals surface area contributed by atoms with Crippen LogP contribution in [0.5, 0.6) is 0 Å². The summed E-state index contributed by atoms with van der Waals surface area (Å²) < 4.78 is 29.3. The number of hydrogen-bond donors (Lipinski definition) is 3. The van der Waals surface area contributed by atoms with Crippen LogP contribution in [0.3, 0.4) is 0 Å². The summed E-state index contributed by atoms with van der Waals surface area (Å²) in [6, 6.07) is 0. The molecule has 12 nitrogen and oxygen atoms in total. The van der Waals surface area contributed by atoms with Gasteiger partial charge in [-0.05, 0) is 38.8 Å². The van der Waals surface area contributed by atoms with Crippen molar-refractivity contribution in [1.82, 2.24) is 0 Å². The molecule has 0 aromatic carbocycles. The number of esters is 4. The van der Waals surface area contributed by atoms with Crippen LogP contribution in [0.25, 0.3) is 0 Å². The van der Waals surface area contributed by atoms with Crippen molar-refractivity contribution >= 4 is 23.9 Å². The number of ether oxygens (including phenoxy) is 5. The van der Waals surface area contributed by atoms with Gasteiger partial charge in [-0.15, -0.1) is 0 Å². The maximum atomic E-state index is 13.2. The van der Waals surface area contributed by atoms with E-state index in [1.165, 1.54) is 32.1 Å². The van der Waals surface area contributed by atoms with E-state index in [0.717, 1.165) is 39.5 Å². The Morgan fingerprint density at radius 1 is 0.955 bits per heavy atom. The van der Waals surface area contributed by atoms with Gasteiger partial charge in [0.05, 0.1) is 5.60 Å². The lowest BCUT2D eigenvalue weighted by Crippen LogP contribution is -2.68. The van der Waals surface area contributed by atoms with E-state index in [1.807, 2.05) is 0 Å². The third kappa shape index (κ3) is 5.59. The highest BCUT2D eigenvalue weighted by Gasteiger charge is 2.88. The van der Waals surface area contributed by atoms with Crippen molar-refractivity contribution in [3.8, 4) is 0 Å². The Balaban J connectivity index is 1.90. The van der Waals surface area contributed by atoms with Crippen molar-refractivity contribution in [3.05, 3.63) is 23.8 Å². The number of hydrogen-bond acceptors (Lipinski definition) is 12. The number of aliphatic hydroxyl groups is 3. The summed E-state index contributed by atoms with van der Waals surface area (Å²) in [5, 5.41) is 34.9. The smallest absolute Gasteiger partial charge is 0.342 e. The summed E-state index contributed by atoms with van der Waals surface area (Å²) in [4.78, 5) is 51.4. The van der Waals surface area contributed by atoms with E-state index in [-0.39, 0.29) is 12.0 Å². The number of rotatable bonds is 9. The first-order valence-corrected chi connectivity index (χ1v) is 15.4. The van der Waals surface area contributed by atoms with Gasteiger partial charge in [0.25, 0.3) is 0 Å². The zero-order valence-corrected chi connectivity index (χ0v) is 26.5. The Morgan fingerprint density at radius 3 is 2.16 bits per heavy atom. The zero-order valence-electron chi connectivity index (χ0n) is 26.5. The first-order valence-electron chi connectivity index (χ1n) is 15.4. The molecule has 2 fully saturated rings. The molecule has 44 heavy (non-hydrogen) atoms. The number of unbranched alkanes of at least 4 members (excludes halogenated alkanes) is 4. The summed E-state index contributed by atoms with van der Waals surface area (Å²) in [5.74, 6) is -4.22. The fourth-order valence-electron chi connectivity index (χ4n) is 7.45. The van der Waals surface area contributed by atoms with Gasteiger partial charge in [0.1, 0.15) is 24.4 Å². The van der Waals surface area contributed by atoms with Gasteiger partial charge in [-0.3, -0.25) is 14.4 Å². The molecule has 0 saturated carbocycles. The van der Waals surface area contributed by atoms with Gasteiger partial charge < -0.3 is 39.0 Å². The molecular formula is C32H46O12. The SMILES string of the molecule is CCCCCCCC(=O)OC1C(C)=CC2OC(=O)C3(C)OC23C(OC(C)=O)C2C(C)(O)C(O)C=CC2(C)C(OC(C)=O)C1O. The Bertz CT molecular complexity index is 1220. The molecule has 1 spiro atoms. The molecule has 4 rings (SSSR count). The van der Waals surface area contributed by atoms with Crippen LogP contribution in [-0.4, -0.2) is 92.6 Å². The summed E-state index contributed by atoms with van der Waals surface area (Å²) in [6.45, 7) is 10.3. The highest BCUT2D eigenvalue weighted by molar-refractivity contribution is 5.89. The van der Waals surface area contributed by atoms with Crippen LogP contribution >= 0.6 is 0 Å². The van der Waals surface area contributed by atoms with Gasteiger partial charge in [-0.25, -0.2) is 4.79 Å². The molecule has 11 unspecified atom stereocenters. The fraction of sp³-hybridized carbons (Fsp3) is 0.750. The summed E-state index contributed by atoms with van der Waals surface area (Å²) >= 11 is 0. The van der Waals surface area contributed by atoms with Crippen LogP contribution < -0.4 is 0 Å². The van der Waals surface area contributed by atoms with Crippen LogP contribution in [0.1, 0.15) is 87.0 Å². The fourth-order valence-corrected chi connectivity index (χ4v) is 7.45. The van der Waals surface area contributed by atoms with E-state index in [2.05, 4.69) is 6.92 Å². The second kappa shape index (κ2) is 12.2. The number of fused-ring (bicyclic) bond motifs is 1. The Morgan fingerprint density at radius 2 is 1.57 bits per heavy atom. The molecule has 11 atom stereocenters. The van der Waals surface area contributed by atoms with Gasteiger partial charge in [-0.1, -0.05) is 51.7 Å². The predicted molar refractivity (Wildman–Crippen MR) is 154 cm³/mol. The summed E-state index contributed by atoms with van der Waals surface area (Å²) in [5.41, 5.74) is -6.66. The second-order valence-electron chi connectivity index (χ2n) is 13.2. The van der Waals surface area contributed by atoms with Gasteiger partial charge in [0.15, 0.2) is 23.4 Å². The van der Waals surface area contributed by atoms with Crippen LogP contribution in [0.2, 0.25) is 0 Å². The molecule has 2 heterocycles. The topological polar surface area (TPSA) is 178 Å². The highest BCUT2D eigenvalue weighted by atomic mass is 16.7. The van der Waals surface area contributed by atoms with Crippen molar-refractivity contribution in [2.24, 2.45) is 11.3 Å². The van der Waals surface area contributed by atoms with E-state index in [1.54, 1.807) is 13.8 Å². The molecule has 0 amide bonds. The molecular weight excluding hydrogens is 576 g/mol. The molecule has 2 aliphatic carbocycles. The van der Waals surface area contributed by atoms with E-state index < -0.39 is 88.6 Å². The highest BCUT2D eigenvalue weighted by Crippen LogP contribution is 2.65. The Hall–Kier alpha value is -2.80. The molecule has 2 saturated heterocycles.